The predicted molar refractivity (Wildman–Crippen MR) is 71.8 cm³/mol. The minimum absolute atomic E-state index is 0.0369. The Morgan fingerprint density at radius 2 is 2.10 bits per heavy atom. The van der Waals surface area contributed by atoms with Gasteiger partial charge in [0.1, 0.15) is 16.4 Å². The quantitative estimate of drug-likeness (QED) is 0.403. The highest BCUT2D eigenvalue weighted by Crippen LogP contribution is 2.23. The number of halogens is 1. The zero-order valence-corrected chi connectivity index (χ0v) is 10.7. The molecule has 1 aromatic carbocycles. The van der Waals surface area contributed by atoms with Crippen molar-refractivity contribution in [2.75, 3.05) is 0 Å². The van der Waals surface area contributed by atoms with Crippen molar-refractivity contribution in [2.24, 2.45) is 0 Å². The van der Waals surface area contributed by atoms with Gasteiger partial charge in [0.2, 0.25) is 0 Å². The molecule has 1 heterocycles. The molecule has 0 amide bonds. The Bertz CT molecular complexity index is 705. The van der Waals surface area contributed by atoms with E-state index in [0.717, 1.165) is 6.08 Å². The second kappa shape index (κ2) is 5.58. The number of furan rings is 1. The number of benzene rings is 1. The van der Waals surface area contributed by atoms with Gasteiger partial charge in [0.05, 0.1) is 11.6 Å². The number of carbonyl (C=O) groups excluding carboxylic acids is 1. The zero-order chi connectivity index (χ0) is 14.7. The predicted octanol–water partition coefficient (Wildman–Crippen LogP) is 3.44. The van der Waals surface area contributed by atoms with Gasteiger partial charge < -0.3 is 9.52 Å². The molecular formula is C13H8ClNO5. The van der Waals surface area contributed by atoms with Crippen molar-refractivity contribution in [1.82, 2.24) is 0 Å². The number of rotatable bonds is 4. The fourth-order valence-electron chi connectivity index (χ4n) is 1.48. The maximum atomic E-state index is 11.9. The van der Waals surface area contributed by atoms with Gasteiger partial charge in [-0.15, -0.1) is 0 Å². The third-order valence-electron chi connectivity index (χ3n) is 2.42. The highest BCUT2D eigenvalue weighted by Gasteiger charge is 2.12. The van der Waals surface area contributed by atoms with Crippen LogP contribution in [0.25, 0.3) is 6.08 Å². The first-order chi connectivity index (χ1) is 9.47. The Kier molecular flexibility index (Phi) is 3.86. The standard InChI is InChI=1S/C13H8ClNO5/c14-8-1-4-11(16)10(7-8)12(17)5-2-9-3-6-13(20-9)15(18)19/h1-7,16H/b5-2+. The van der Waals surface area contributed by atoms with Gasteiger partial charge in [0, 0.05) is 5.02 Å². The first kappa shape index (κ1) is 13.8. The van der Waals surface area contributed by atoms with E-state index < -0.39 is 16.6 Å². The summed E-state index contributed by atoms with van der Waals surface area (Å²) >= 11 is 5.74. The number of ketones is 1. The molecule has 1 N–H and O–H groups in total. The number of hydrogen-bond donors (Lipinski definition) is 1. The molecule has 0 atom stereocenters. The Morgan fingerprint density at radius 3 is 2.75 bits per heavy atom. The minimum Gasteiger partial charge on any atom is -0.507 e. The summed E-state index contributed by atoms with van der Waals surface area (Å²) in [6, 6.07) is 6.63. The first-order valence-electron chi connectivity index (χ1n) is 5.42. The summed E-state index contributed by atoms with van der Waals surface area (Å²) in [7, 11) is 0. The number of aromatic hydroxyl groups is 1. The van der Waals surface area contributed by atoms with E-state index in [1.165, 1.54) is 36.4 Å². The van der Waals surface area contributed by atoms with Crippen LogP contribution < -0.4 is 0 Å². The van der Waals surface area contributed by atoms with E-state index in [1.807, 2.05) is 0 Å². The number of nitro groups is 1. The Labute approximate surface area is 118 Å². The smallest absolute Gasteiger partial charge is 0.433 e. The molecular weight excluding hydrogens is 286 g/mol. The lowest BCUT2D eigenvalue weighted by Gasteiger charge is -2.00. The third kappa shape index (κ3) is 3.04. The van der Waals surface area contributed by atoms with Gasteiger partial charge in [-0.25, -0.2) is 0 Å². The van der Waals surface area contributed by atoms with Gasteiger partial charge in [-0.05, 0) is 36.4 Å². The average molecular weight is 294 g/mol. The lowest BCUT2D eigenvalue weighted by atomic mass is 10.1. The molecule has 0 aliphatic heterocycles. The molecule has 0 bridgehead atoms. The number of carbonyl (C=O) groups is 1. The Hall–Kier alpha value is -2.60. The lowest BCUT2D eigenvalue weighted by molar-refractivity contribution is -0.402. The maximum absolute atomic E-state index is 11.9. The van der Waals surface area contributed by atoms with Gasteiger partial charge in [0.25, 0.3) is 0 Å². The summed E-state index contributed by atoms with van der Waals surface area (Å²) in [5.74, 6) is -0.951. The van der Waals surface area contributed by atoms with Gasteiger partial charge >= 0.3 is 5.88 Å². The number of nitrogens with zero attached hydrogens (tertiary/aromatic N) is 1. The molecule has 2 aromatic rings. The topological polar surface area (TPSA) is 93.6 Å². The van der Waals surface area contributed by atoms with Crippen LogP contribution in [-0.2, 0) is 0 Å². The van der Waals surface area contributed by atoms with Gasteiger partial charge in [-0.2, -0.15) is 0 Å². The van der Waals surface area contributed by atoms with Crippen molar-refractivity contribution in [3.8, 4) is 5.75 Å². The Balaban J connectivity index is 2.20. The van der Waals surface area contributed by atoms with Crippen LogP contribution in [0, 0.1) is 10.1 Å². The van der Waals surface area contributed by atoms with Gasteiger partial charge in [-0.3, -0.25) is 14.9 Å². The highest BCUT2D eigenvalue weighted by molar-refractivity contribution is 6.31. The molecule has 0 saturated heterocycles. The van der Waals surface area contributed by atoms with Crippen LogP contribution in [0.4, 0.5) is 5.88 Å². The molecule has 6 nitrogen and oxygen atoms in total. The fraction of sp³-hybridized carbons (Fsp3) is 0. The van der Waals surface area contributed by atoms with Crippen LogP contribution in [0.5, 0.6) is 5.75 Å². The van der Waals surface area contributed by atoms with E-state index in [2.05, 4.69) is 0 Å². The average Bonchev–Trinajstić information content (AvgIpc) is 2.88. The molecule has 0 unspecified atom stereocenters. The van der Waals surface area contributed by atoms with Crippen LogP contribution in [0.15, 0.2) is 40.8 Å². The van der Waals surface area contributed by atoms with Crippen LogP contribution in [0.1, 0.15) is 16.1 Å². The molecule has 0 radical (unpaired) electrons. The highest BCUT2D eigenvalue weighted by atomic mass is 35.5. The van der Waals surface area contributed by atoms with Gasteiger partial charge in [0.15, 0.2) is 5.78 Å². The molecule has 0 aliphatic rings. The van der Waals surface area contributed by atoms with Crippen molar-refractivity contribution in [2.45, 2.75) is 0 Å². The van der Waals surface area contributed by atoms with Crippen LogP contribution in [0.3, 0.4) is 0 Å². The van der Waals surface area contributed by atoms with Crippen LogP contribution in [0.2, 0.25) is 5.02 Å². The second-order valence-corrected chi connectivity index (χ2v) is 4.23. The monoisotopic (exact) mass is 293 g/mol. The summed E-state index contributed by atoms with van der Waals surface area (Å²) in [6.45, 7) is 0. The number of phenolic OH excluding ortho intramolecular Hbond substituents is 1. The molecule has 0 spiro atoms. The van der Waals surface area contributed by atoms with Crippen molar-refractivity contribution in [3.63, 3.8) is 0 Å². The van der Waals surface area contributed by atoms with E-state index in [4.69, 9.17) is 16.0 Å². The summed E-state index contributed by atoms with van der Waals surface area (Å²) in [6.07, 6.45) is 2.41. The van der Waals surface area contributed by atoms with Crippen molar-refractivity contribution in [3.05, 3.63) is 62.9 Å². The van der Waals surface area contributed by atoms with Crippen molar-refractivity contribution >= 4 is 29.3 Å². The van der Waals surface area contributed by atoms with E-state index in [9.17, 15) is 20.0 Å². The minimum atomic E-state index is -0.679. The molecule has 0 saturated carbocycles. The van der Waals surface area contributed by atoms with E-state index in [-0.39, 0.29) is 17.1 Å². The van der Waals surface area contributed by atoms with Crippen LogP contribution >= 0.6 is 11.6 Å². The first-order valence-corrected chi connectivity index (χ1v) is 5.80. The lowest BCUT2D eigenvalue weighted by Crippen LogP contribution is -1.94. The van der Waals surface area contributed by atoms with Crippen molar-refractivity contribution < 1.29 is 19.2 Å². The molecule has 0 aliphatic carbocycles. The molecule has 102 valence electrons. The molecule has 20 heavy (non-hydrogen) atoms. The summed E-state index contributed by atoms with van der Waals surface area (Å²) in [5, 5.41) is 20.3. The Morgan fingerprint density at radius 1 is 1.35 bits per heavy atom. The van der Waals surface area contributed by atoms with Crippen molar-refractivity contribution in [1.29, 1.82) is 0 Å². The van der Waals surface area contributed by atoms with E-state index in [1.54, 1.807) is 0 Å². The second-order valence-electron chi connectivity index (χ2n) is 3.79. The summed E-state index contributed by atoms with van der Waals surface area (Å²) in [5.41, 5.74) is 0.0369. The third-order valence-corrected chi connectivity index (χ3v) is 2.65. The van der Waals surface area contributed by atoms with E-state index in [0.29, 0.717) is 5.02 Å². The molecule has 7 heteroatoms. The normalized spacial score (nSPS) is 10.8. The van der Waals surface area contributed by atoms with Gasteiger partial charge in [-0.1, -0.05) is 11.6 Å². The largest absolute Gasteiger partial charge is 0.507 e. The molecule has 1 aromatic heterocycles. The molecule has 0 fully saturated rings. The summed E-state index contributed by atoms with van der Waals surface area (Å²) < 4.78 is 4.86. The molecule has 2 rings (SSSR count). The maximum Gasteiger partial charge on any atom is 0.433 e. The summed E-state index contributed by atoms with van der Waals surface area (Å²) in [4.78, 5) is 21.6. The number of allylic oxidation sites excluding steroid dienone is 1. The number of hydrogen-bond acceptors (Lipinski definition) is 5. The fourth-order valence-corrected chi connectivity index (χ4v) is 1.66. The zero-order valence-electron chi connectivity index (χ0n) is 9.95. The SMILES string of the molecule is O=C(/C=C/c1ccc([N+](=O)[O-])o1)c1cc(Cl)ccc1O. The van der Waals surface area contributed by atoms with Crippen LogP contribution in [-0.4, -0.2) is 15.8 Å². The van der Waals surface area contributed by atoms with E-state index >= 15 is 0 Å². The number of phenols is 1.